The average molecular weight is 244 g/mol. The number of rotatable bonds is 3. The summed E-state index contributed by atoms with van der Waals surface area (Å²) in [6.45, 7) is 3.78. The van der Waals surface area contributed by atoms with Crippen molar-refractivity contribution in [3.63, 3.8) is 0 Å². The Hall–Kier alpha value is -2.17. The van der Waals surface area contributed by atoms with Crippen LogP contribution < -0.4 is 0 Å². The van der Waals surface area contributed by atoms with Gasteiger partial charge in [0.05, 0.1) is 17.0 Å². The van der Waals surface area contributed by atoms with Crippen LogP contribution in [0.5, 0.6) is 0 Å². The predicted molar refractivity (Wildman–Crippen MR) is 69.6 cm³/mol. The maximum atomic E-state index is 12.0. The Morgan fingerprint density at radius 1 is 1.39 bits per heavy atom. The van der Waals surface area contributed by atoms with Crippen LogP contribution in [0.25, 0.3) is 5.65 Å². The first-order valence-electron chi connectivity index (χ1n) is 5.70. The van der Waals surface area contributed by atoms with Gasteiger partial charge < -0.3 is 4.90 Å². The smallest absolute Gasteiger partial charge is 0.190 e. The van der Waals surface area contributed by atoms with E-state index in [9.17, 15) is 4.79 Å². The van der Waals surface area contributed by atoms with Crippen LogP contribution in [0, 0.1) is 13.8 Å². The molecule has 0 amide bonds. The predicted octanol–water partition coefficient (Wildman–Crippen LogP) is 1.60. The zero-order chi connectivity index (χ0) is 13.3. The first-order chi connectivity index (χ1) is 8.49. The Balaban J connectivity index is 2.45. The number of nitrogens with zero attached hydrogens (tertiary/aromatic N) is 4. The van der Waals surface area contributed by atoms with E-state index in [1.807, 2.05) is 38.9 Å². The Kier molecular flexibility index (Phi) is 3.14. The summed E-state index contributed by atoms with van der Waals surface area (Å²) in [6, 6.07) is 1.89. The minimum Gasteiger partial charge on any atom is -0.383 e. The molecule has 0 aliphatic rings. The van der Waals surface area contributed by atoms with Crippen LogP contribution in [0.15, 0.2) is 24.5 Å². The van der Waals surface area contributed by atoms with Gasteiger partial charge in [0, 0.05) is 38.6 Å². The maximum Gasteiger partial charge on any atom is 0.190 e. The molecule has 0 spiro atoms. The molecule has 0 N–H and O–H groups in total. The van der Waals surface area contributed by atoms with Crippen molar-refractivity contribution in [2.45, 2.75) is 13.8 Å². The van der Waals surface area contributed by atoms with Gasteiger partial charge in [-0.05, 0) is 13.8 Å². The topological polar surface area (TPSA) is 50.5 Å². The molecule has 2 aromatic heterocycles. The fourth-order valence-corrected chi connectivity index (χ4v) is 1.71. The minimum absolute atomic E-state index is 0.0660. The number of hydrogen-bond donors (Lipinski definition) is 0. The zero-order valence-corrected chi connectivity index (χ0v) is 11.0. The van der Waals surface area contributed by atoms with E-state index in [1.165, 1.54) is 6.08 Å². The van der Waals surface area contributed by atoms with Crippen LogP contribution in [0.3, 0.4) is 0 Å². The van der Waals surface area contributed by atoms with Crippen LogP contribution in [-0.2, 0) is 0 Å². The number of ketones is 1. The van der Waals surface area contributed by atoms with E-state index in [-0.39, 0.29) is 5.78 Å². The van der Waals surface area contributed by atoms with Crippen LogP contribution in [0.1, 0.15) is 21.7 Å². The summed E-state index contributed by atoms with van der Waals surface area (Å²) >= 11 is 0. The summed E-state index contributed by atoms with van der Waals surface area (Å²) in [5, 5.41) is 4.32. The van der Waals surface area contributed by atoms with E-state index in [4.69, 9.17) is 0 Å². The van der Waals surface area contributed by atoms with Crippen molar-refractivity contribution in [3.05, 3.63) is 41.5 Å². The van der Waals surface area contributed by atoms with E-state index in [0.717, 1.165) is 17.0 Å². The number of allylic oxidation sites excluding steroid dienone is 1. The molecule has 94 valence electrons. The number of carbonyl (C=O) groups excluding carboxylic acids is 1. The summed E-state index contributed by atoms with van der Waals surface area (Å²) in [5.74, 6) is -0.0660. The maximum absolute atomic E-state index is 12.0. The van der Waals surface area contributed by atoms with Crippen molar-refractivity contribution in [2.75, 3.05) is 14.1 Å². The molecule has 5 heteroatoms. The molecule has 0 saturated carbocycles. The van der Waals surface area contributed by atoms with E-state index < -0.39 is 0 Å². The molecule has 2 aromatic rings. The summed E-state index contributed by atoms with van der Waals surface area (Å²) in [4.78, 5) is 18.1. The molecule has 2 rings (SSSR count). The molecule has 0 bridgehead atoms. The molecule has 0 aliphatic heterocycles. The number of fused-ring (bicyclic) bond motifs is 1. The lowest BCUT2D eigenvalue weighted by Gasteiger charge is -2.05. The first-order valence-corrected chi connectivity index (χ1v) is 5.70. The fraction of sp³-hybridized carbons (Fsp3) is 0.308. The molecule has 0 aliphatic carbocycles. The molecule has 2 heterocycles. The monoisotopic (exact) mass is 244 g/mol. The normalized spacial score (nSPS) is 11.3. The first kappa shape index (κ1) is 12.3. The zero-order valence-electron chi connectivity index (χ0n) is 11.0. The van der Waals surface area contributed by atoms with Gasteiger partial charge in [0.2, 0.25) is 0 Å². The third kappa shape index (κ3) is 2.25. The van der Waals surface area contributed by atoms with E-state index >= 15 is 0 Å². The van der Waals surface area contributed by atoms with Gasteiger partial charge in [0.1, 0.15) is 0 Å². The van der Waals surface area contributed by atoms with E-state index in [0.29, 0.717) is 5.56 Å². The van der Waals surface area contributed by atoms with Crippen molar-refractivity contribution in [1.82, 2.24) is 19.5 Å². The molecular formula is C13H16N4O. The molecule has 0 atom stereocenters. The molecule has 0 fully saturated rings. The standard InChI is InChI=1S/C13H16N4O/c1-9-7-13-14-8-11(10(2)17(13)15-9)12(18)5-6-16(3)4/h5-8H,1-4H3/b6-5+. The quantitative estimate of drug-likeness (QED) is 0.608. The van der Waals surface area contributed by atoms with Crippen molar-refractivity contribution >= 4 is 11.4 Å². The lowest BCUT2D eigenvalue weighted by molar-refractivity contribution is 0.104. The van der Waals surface area contributed by atoms with Gasteiger partial charge in [-0.1, -0.05) is 0 Å². The van der Waals surface area contributed by atoms with Crippen molar-refractivity contribution in [2.24, 2.45) is 0 Å². The highest BCUT2D eigenvalue weighted by molar-refractivity contribution is 6.05. The third-order valence-electron chi connectivity index (χ3n) is 2.64. The van der Waals surface area contributed by atoms with Gasteiger partial charge in [0.15, 0.2) is 11.4 Å². The molecule has 5 nitrogen and oxygen atoms in total. The van der Waals surface area contributed by atoms with Crippen LogP contribution in [0.4, 0.5) is 0 Å². The molecule has 0 radical (unpaired) electrons. The Bertz CT molecular complexity index is 625. The summed E-state index contributed by atoms with van der Waals surface area (Å²) < 4.78 is 1.70. The Morgan fingerprint density at radius 2 is 2.11 bits per heavy atom. The fourth-order valence-electron chi connectivity index (χ4n) is 1.71. The number of hydrogen-bond acceptors (Lipinski definition) is 4. The molecular weight excluding hydrogens is 228 g/mol. The van der Waals surface area contributed by atoms with Crippen molar-refractivity contribution < 1.29 is 4.79 Å². The largest absolute Gasteiger partial charge is 0.383 e. The molecule has 0 unspecified atom stereocenters. The van der Waals surface area contributed by atoms with Gasteiger partial charge >= 0.3 is 0 Å². The SMILES string of the molecule is Cc1cc2ncc(C(=O)/C=C/N(C)C)c(C)n2n1. The second kappa shape index (κ2) is 4.60. The molecule has 0 saturated heterocycles. The second-order valence-electron chi connectivity index (χ2n) is 4.46. The number of carbonyl (C=O) groups is 1. The van der Waals surface area contributed by atoms with Crippen molar-refractivity contribution in [3.8, 4) is 0 Å². The van der Waals surface area contributed by atoms with E-state index in [2.05, 4.69) is 10.1 Å². The van der Waals surface area contributed by atoms with Crippen molar-refractivity contribution in [1.29, 1.82) is 0 Å². The van der Waals surface area contributed by atoms with Crippen LogP contribution >= 0.6 is 0 Å². The summed E-state index contributed by atoms with van der Waals surface area (Å²) in [5.41, 5.74) is 3.03. The minimum atomic E-state index is -0.0660. The number of aryl methyl sites for hydroxylation is 2. The van der Waals surface area contributed by atoms with Gasteiger partial charge in [0.25, 0.3) is 0 Å². The number of aromatic nitrogens is 3. The van der Waals surface area contributed by atoms with Crippen LogP contribution in [-0.4, -0.2) is 39.4 Å². The van der Waals surface area contributed by atoms with Gasteiger partial charge in [-0.3, -0.25) is 4.79 Å². The molecule has 18 heavy (non-hydrogen) atoms. The Labute approximate surface area is 106 Å². The highest BCUT2D eigenvalue weighted by Gasteiger charge is 2.11. The Morgan fingerprint density at radius 3 is 2.78 bits per heavy atom. The lowest BCUT2D eigenvalue weighted by Crippen LogP contribution is -2.08. The highest BCUT2D eigenvalue weighted by atomic mass is 16.1. The summed E-state index contributed by atoms with van der Waals surface area (Å²) in [7, 11) is 3.74. The summed E-state index contributed by atoms with van der Waals surface area (Å²) in [6.07, 6.45) is 4.86. The highest BCUT2D eigenvalue weighted by Crippen LogP contribution is 2.12. The van der Waals surface area contributed by atoms with Gasteiger partial charge in [-0.2, -0.15) is 5.10 Å². The third-order valence-corrected chi connectivity index (χ3v) is 2.64. The van der Waals surface area contributed by atoms with Gasteiger partial charge in [-0.25, -0.2) is 9.50 Å². The molecule has 0 aromatic carbocycles. The lowest BCUT2D eigenvalue weighted by atomic mass is 10.1. The second-order valence-corrected chi connectivity index (χ2v) is 4.46. The average Bonchev–Trinajstić information content (AvgIpc) is 2.68. The van der Waals surface area contributed by atoms with Crippen LogP contribution in [0.2, 0.25) is 0 Å². The van der Waals surface area contributed by atoms with Gasteiger partial charge in [-0.15, -0.1) is 0 Å². The van der Waals surface area contributed by atoms with E-state index in [1.54, 1.807) is 16.9 Å².